The van der Waals surface area contributed by atoms with Crippen LogP contribution in [0.4, 0.5) is 0 Å². The summed E-state index contributed by atoms with van der Waals surface area (Å²) in [6.07, 6.45) is 3.32. The molecule has 1 saturated carbocycles. The summed E-state index contributed by atoms with van der Waals surface area (Å²) in [5.74, 6) is 0.396. The minimum atomic E-state index is -0.732. The van der Waals surface area contributed by atoms with Crippen molar-refractivity contribution in [2.45, 2.75) is 64.1 Å². The normalized spacial score (nSPS) is 27.4. The zero-order valence-corrected chi connectivity index (χ0v) is 12.9. The molecule has 0 aromatic rings. The van der Waals surface area contributed by atoms with E-state index in [-0.39, 0.29) is 23.9 Å². The van der Waals surface area contributed by atoms with Crippen molar-refractivity contribution in [3.05, 3.63) is 0 Å². The Morgan fingerprint density at radius 3 is 2.40 bits per heavy atom. The number of rotatable bonds is 6. The fourth-order valence-corrected chi connectivity index (χ4v) is 3.24. The van der Waals surface area contributed by atoms with E-state index in [0.717, 1.165) is 12.8 Å². The van der Waals surface area contributed by atoms with E-state index in [1.165, 1.54) is 0 Å². The lowest BCUT2D eigenvalue weighted by atomic mass is 9.85. The van der Waals surface area contributed by atoms with Crippen LogP contribution in [0.3, 0.4) is 0 Å². The van der Waals surface area contributed by atoms with Gasteiger partial charge in [-0.25, -0.2) is 0 Å². The van der Waals surface area contributed by atoms with Crippen molar-refractivity contribution in [1.82, 2.24) is 10.2 Å². The van der Waals surface area contributed by atoms with Crippen LogP contribution in [0.5, 0.6) is 0 Å². The average molecular weight is 282 g/mol. The SMILES string of the molecule is CCC1(CC)NC(=O)C(C2CC2)N(C(C)COC)C1=O. The summed E-state index contributed by atoms with van der Waals surface area (Å²) < 4.78 is 5.20. The van der Waals surface area contributed by atoms with Gasteiger partial charge in [0.25, 0.3) is 0 Å². The molecule has 2 fully saturated rings. The van der Waals surface area contributed by atoms with E-state index in [2.05, 4.69) is 5.32 Å². The minimum absolute atomic E-state index is 0.0127. The zero-order valence-electron chi connectivity index (χ0n) is 12.9. The van der Waals surface area contributed by atoms with Gasteiger partial charge in [-0.2, -0.15) is 0 Å². The van der Waals surface area contributed by atoms with E-state index in [4.69, 9.17) is 4.74 Å². The molecule has 2 atom stereocenters. The highest BCUT2D eigenvalue weighted by molar-refractivity contribution is 6.00. The van der Waals surface area contributed by atoms with Crippen molar-refractivity contribution < 1.29 is 14.3 Å². The quantitative estimate of drug-likeness (QED) is 0.799. The third kappa shape index (κ3) is 2.43. The van der Waals surface area contributed by atoms with E-state index < -0.39 is 5.54 Å². The molecule has 2 unspecified atom stereocenters. The summed E-state index contributed by atoms with van der Waals surface area (Å²) in [6.45, 7) is 6.34. The fourth-order valence-electron chi connectivity index (χ4n) is 3.24. The largest absolute Gasteiger partial charge is 0.383 e. The van der Waals surface area contributed by atoms with E-state index in [1.807, 2.05) is 20.8 Å². The number of nitrogens with zero attached hydrogens (tertiary/aromatic N) is 1. The van der Waals surface area contributed by atoms with Gasteiger partial charge < -0.3 is 15.0 Å². The standard InChI is InChI=1S/C15H26N2O3/c1-5-15(6-2)14(19)17(10(3)9-20-4)12(11-7-8-11)13(18)16-15/h10-12H,5-9H2,1-4H3,(H,16,18). The lowest BCUT2D eigenvalue weighted by Crippen LogP contribution is -2.72. The third-order valence-corrected chi connectivity index (χ3v) is 4.73. The first kappa shape index (κ1) is 15.3. The zero-order chi connectivity index (χ0) is 14.9. The molecule has 20 heavy (non-hydrogen) atoms. The van der Waals surface area contributed by atoms with Crippen LogP contribution in [0.25, 0.3) is 0 Å². The molecule has 114 valence electrons. The van der Waals surface area contributed by atoms with Crippen LogP contribution < -0.4 is 5.32 Å². The number of amides is 2. The Morgan fingerprint density at radius 2 is 1.95 bits per heavy atom. The summed E-state index contributed by atoms with van der Waals surface area (Å²) in [7, 11) is 1.63. The monoisotopic (exact) mass is 282 g/mol. The van der Waals surface area contributed by atoms with Crippen LogP contribution in [0.15, 0.2) is 0 Å². The molecule has 0 spiro atoms. The summed E-state index contributed by atoms with van der Waals surface area (Å²) >= 11 is 0. The molecule has 2 rings (SSSR count). The first-order valence-corrected chi connectivity index (χ1v) is 7.64. The molecule has 1 saturated heterocycles. The topological polar surface area (TPSA) is 58.6 Å². The Balaban J connectivity index is 2.33. The smallest absolute Gasteiger partial charge is 0.249 e. The Morgan fingerprint density at radius 1 is 1.35 bits per heavy atom. The molecular weight excluding hydrogens is 256 g/mol. The highest BCUT2D eigenvalue weighted by Crippen LogP contribution is 2.40. The van der Waals surface area contributed by atoms with Gasteiger partial charge in [-0.15, -0.1) is 0 Å². The Labute approximate surface area is 121 Å². The van der Waals surface area contributed by atoms with E-state index in [0.29, 0.717) is 25.4 Å². The number of ether oxygens (including phenoxy) is 1. The highest BCUT2D eigenvalue weighted by Gasteiger charge is 2.54. The molecule has 0 radical (unpaired) electrons. The number of hydrogen-bond donors (Lipinski definition) is 1. The van der Waals surface area contributed by atoms with Gasteiger partial charge >= 0.3 is 0 Å². The van der Waals surface area contributed by atoms with Crippen molar-refractivity contribution in [2.75, 3.05) is 13.7 Å². The molecule has 2 amide bonds. The Kier molecular flexibility index (Phi) is 4.37. The molecule has 2 aliphatic rings. The van der Waals surface area contributed by atoms with Gasteiger partial charge in [-0.05, 0) is 38.5 Å². The Bertz CT molecular complexity index is 389. The molecular formula is C15H26N2O3. The molecule has 0 aromatic carbocycles. The van der Waals surface area contributed by atoms with Crippen LogP contribution in [0, 0.1) is 5.92 Å². The predicted octanol–water partition coefficient (Wildman–Crippen LogP) is 1.32. The maximum Gasteiger partial charge on any atom is 0.249 e. The van der Waals surface area contributed by atoms with Gasteiger partial charge in [-0.1, -0.05) is 13.8 Å². The first-order chi connectivity index (χ1) is 9.50. The van der Waals surface area contributed by atoms with E-state index in [9.17, 15) is 9.59 Å². The number of hydrogen-bond acceptors (Lipinski definition) is 3. The second kappa shape index (κ2) is 5.72. The van der Waals surface area contributed by atoms with E-state index in [1.54, 1.807) is 12.0 Å². The van der Waals surface area contributed by atoms with Crippen LogP contribution in [0.2, 0.25) is 0 Å². The summed E-state index contributed by atoms with van der Waals surface area (Å²) in [6, 6.07) is -0.375. The van der Waals surface area contributed by atoms with Gasteiger partial charge in [0.2, 0.25) is 11.8 Å². The molecule has 1 aliphatic carbocycles. The number of piperazine rings is 1. The van der Waals surface area contributed by atoms with Gasteiger partial charge in [-0.3, -0.25) is 9.59 Å². The maximum absolute atomic E-state index is 13.0. The number of nitrogens with one attached hydrogen (secondary N) is 1. The predicted molar refractivity (Wildman–Crippen MR) is 76.2 cm³/mol. The number of carbonyl (C=O) groups excluding carboxylic acids is 2. The number of methoxy groups -OCH3 is 1. The van der Waals surface area contributed by atoms with Crippen LogP contribution >= 0.6 is 0 Å². The average Bonchev–Trinajstić information content (AvgIpc) is 3.25. The Hall–Kier alpha value is -1.10. The van der Waals surface area contributed by atoms with E-state index >= 15 is 0 Å². The van der Waals surface area contributed by atoms with Gasteiger partial charge in [0.05, 0.1) is 12.6 Å². The second-order valence-electron chi connectivity index (χ2n) is 6.08. The van der Waals surface area contributed by atoms with Gasteiger partial charge in [0.1, 0.15) is 11.6 Å². The molecule has 1 heterocycles. The van der Waals surface area contributed by atoms with Crippen LogP contribution in [-0.4, -0.2) is 48.1 Å². The van der Waals surface area contributed by atoms with Gasteiger partial charge in [0.15, 0.2) is 0 Å². The molecule has 0 bridgehead atoms. The molecule has 1 N–H and O–H groups in total. The lowest BCUT2D eigenvalue weighted by molar-refractivity contribution is -0.160. The minimum Gasteiger partial charge on any atom is -0.383 e. The van der Waals surface area contributed by atoms with Crippen molar-refractivity contribution in [1.29, 1.82) is 0 Å². The maximum atomic E-state index is 13.0. The highest BCUT2D eigenvalue weighted by atomic mass is 16.5. The first-order valence-electron chi connectivity index (χ1n) is 7.64. The fraction of sp³-hybridized carbons (Fsp3) is 0.867. The van der Waals surface area contributed by atoms with Crippen molar-refractivity contribution in [3.8, 4) is 0 Å². The van der Waals surface area contributed by atoms with Crippen molar-refractivity contribution >= 4 is 11.8 Å². The molecule has 0 aromatic heterocycles. The van der Waals surface area contributed by atoms with Crippen molar-refractivity contribution in [2.24, 2.45) is 5.92 Å². The summed E-state index contributed by atoms with van der Waals surface area (Å²) in [5, 5.41) is 3.01. The number of carbonyl (C=O) groups is 2. The van der Waals surface area contributed by atoms with Gasteiger partial charge in [0, 0.05) is 7.11 Å². The molecule has 1 aliphatic heterocycles. The molecule has 5 nitrogen and oxygen atoms in total. The van der Waals surface area contributed by atoms with Crippen LogP contribution in [-0.2, 0) is 14.3 Å². The summed E-state index contributed by atoms with van der Waals surface area (Å²) in [5.41, 5.74) is -0.732. The lowest BCUT2D eigenvalue weighted by Gasteiger charge is -2.48. The molecule has 5 heteroatoms. The third-order valence-electron chi connectivity index (χ3n) is 4.73. The van der Waals surface area contributed by atoms with Crippen molar-refractivity contribution in [3.63, 3.8) is 0 Å². The second-order valence-corrected chi connectivity index (χ2v) is 6.08. The van der Waals surface area contributed by atoms with Crippen LogP contribution in [0.1, 0.15) is 46.5 Å². The summed E-state index contributed by atoms with van der Waals surface area (Å²) in [4.78, 5) is 27.3.